The second kappa shape index (κ2) is 7.99. The summed E-state index contributed by atoms with van der Waals surface area (Å²) in [4.78, 5) is 4.31. The Morgan fingerprint density at radius 1 is 0.900 bits per heavy atom. The molecular formula is C23H17BrF3N3. The number of alkyl halides is 3. The molecule has 0 spiro atoms. The zero-order chi connectivity index (χ0) is 21.3. The van der Waals surface area contributed by atoms with Crippen LogP contribution < -0.4 is 5.32 Å². The summed E-state index contributed by atoms with van der Waals surface area (Å²) in [6.45, 7) is 0. The lowest BCUT2D eigenvalue weighted by Gasteiger charge is -2.14. The molecule has 0 amide bonds. The second-order valence-corrected chi connectivity index (χ2v) is 7.49. The van der Waals surface area contributed by atoms with E-state index in [4.69, 9.17) is 0 Å². The van der Waals surface area contributed by atoms with Crippen LogP contribution in [-0.2, 0) is 6.18 Å². The summed E-state index contributed by atoms with van der Waals surface area (Å²) in [7, 11) is 1.86. The molecule has 4 aromatic rings. The maximum Gasteiger partial charge on any atom is 0.417 e. The van der Waals surface area contributed by atoms with Crippen molar-refractivity contribution in [3.8, 4) is 28.2 Å². The number of nitrogens with zero attached hydrogens (tertiary/aromatic N) is 2. The average Bonchev–Trinajstić information content (AvgIpc) is 3.15. The molecule has 7 heteroatoms. The number of nitrogens with one attached hydrogen (secondary N) is 1. The molecule has 0 atom stereocenters. The van der Waals surface area contributed by atoms with Gasteiger partial charge in [0.05, 0.1) is 5.56 Å². The van der Waals surface area contributed by atoms with Gasteiger partial charge < -0.3 is 5.32 Å². The van der Waals surface area contributed by atoms with Crippen LogP contribution >= 0.6 is 15.9 Å². The first-order valence-electron chi connectivity index (χ1n) is 9.17. The summed E-state index contributed by atoms with van der Waals surface area (Å²) in [6, 6.07) is 21.1. The van der Waals surface area contributed by atoms with Crippen LogP contribution in [0, 0.1) is 0 Å². The summed E-state index contributed by atoms with van der Waals surface area (Å²) >= 11 is 3.30. The fourth-order valence-corrected chi connectivity index (χ4v) is 3.71. The number of imidazole rings is 1. The molecule has 0 fully saturated rings. The highest BCUT2D eigenvalue weighted by Crippen LogP contribution is 2.38. The number of benzene rings is 3. The highest BCUT2D eigenvalue weighted by atomic mass is 79.9. The van der Waals surface area contributed by atoms with Crippen molar-refractivity contribution in [2.75, 3.05) is 12.4 Å². The molecule has 152 valence electrons. The Balaban J connectivity index is 1.77. The molecule has 0 aliphatic rings. The maximum atomic E-state index is 13.5. The molecule has 0 bridgehead atoms. The monoisotopic (exact) mass is 471 g/mol. The SMILES string of the molecule is CNc1cccc(-c2ccc(-n3cc(Br)nc3-c3ccccc3C(F)(F)F)cc2)c1. The first-order valence-corrected chi connectivity index (χ1v) is 9.96. The van der Waals surface area contributed by atoms with Gasteiger partial charge in [-0.1, -0.05) is 42.5 Å². The van der Waals surface area contributed by atoms with E-state index in [1.807, 2.05) is 55.6 Å². The third-order valence-corrected chi connectivity index (χ3v) is 5.16. The topological polar surface area (TPSA) is 29.9 Å². The number of halogens is 4. The first-order chi connectivity index (χ1) is 14.4. The smallest absolute Gasteiger partial charge is 0.388 e. The van der Waals surface area contributed by atoms with Crippen LogP contribution in [-0.4, -0.2) is 16.6 Å². The van der Waals surface area contributed by atoms with Crippen LogP contribution in [0.2, 0.25) is 0 Å². The summed E-state index contributed by atoms with van der Waals surface area (Å²) in [5.41, 5.74) is 3.08. The standard InChI is InChI=1S/C23H17BrF3N3/c1-28-17-6-4-5-16(13-17)15-9-11-18(12-10-15)30-14-21(24)29-22(30)19-7-2-3-8-20(19)23(25,26)27/h2-14,28H,1H3. The van der Waals surface area contributed by atoms with E-state index in [0.29, 0.717) is 10.3 Å². The Morgan fingerprint density at radius 3 is 2.33 bits per heavy atom. The third kappa shape index (κ3) is 3.98. The van der Waals surface area contributed by atoms with Gasteiger partial charge >= 0.3 is 6.18 Å². The Bertz CT molecular complexity index is 1180. The van der Waals surface area contributed by atoms with E-state index >= 15 is 0 Å². The molecule has 3 nitrogen and oxygen atoms in total. The molecular weight excluding hydrogens is 455 g/mol. The molecule has 4 rings (SSSR count). The van der Waals surface area contributed by atoms with Gasteiger partial charge in [0.2, 0.25) is 0 Å². The number of aromatic nitrogens is 2. The Labute approximate surface area is 180 Å². The highest BCUT2D eigenvalue weighted by molar-refractivity contribution is 9.10. The predicted octanol–water partition coefficient (Wildman–Crippen LogP) is 7.03. The zero-order valence-electron chi connectivity index (χ0n) is 15.9. The minimum Gasteiger partial charge on any atom is -0.388 e. The van der Waals surface area contributed by atoms with Crippen molar-refractivity contribution in [3.05, 3.63) is 89.2 Å². The molecule has 3 aromatic carbocycles. The quantitative estimate of drug-likeness (QED) is 0.346. The van der Waals surface area contributed by atoms with Crippen LogP contribution in [0.5, 0.6) is 0 Å². The van der Waals surface area contributed by atoms with E-state index < -0.39 is 11.7 Å². The maximum absolute atomic E-state index is 13.5. The fraction of sp³-hybridized carbons (Fsp3) is 0.0870. The van der Waals surface area contributed by atoms with Gasteiger partial charge in [-0.25, -0.2) is 4.98 Å². The Kier molecular flexibility index (Phi) is 5.39. The number of hydrogen-bond acceptors (Lipinski definition) is 2. The molecule has 1 N–H and O–H groups in total. The highest BCUT2D eigenvalue weighted by Gasteiger charge is 2.34. The van der Waals surface area contributed by atoms with E-state index in [9.17, 15) is 13.2 Å². The number of rotatable bonds is 4. The predicted molar refractivity (Wildman–Crippen MR) is 117 cm³/mol. The minimum atomic E-state index is -4.47. The molecule has 1 aromatic heterocycles. The minimum absolute atomic E-state index is 0.0292. The van der Waals surface area contributed by atoms with Gasteiger partial charge in [0.25, 0.3) is 0 Å². The van der Waals surface area contributed by atoms with Crippen molar-refractivity contribution in [2.24, 2.45) is 0 Å². The first kappa shape index (κ1) is 20.2. The molecule has 0 unspecified atom stereocenters. The van der Waals surface area contributed by atoms with Gasteiger partial charge in [-0.3, -0.25) is 4.57 Å². The summed E-state index contributed by atoms with van der Waals surface area (Å²) < 4.78 is 42.7. The molecule has 0 radical (unpaired) electrons. The van der Waals surface area contributed by atoms with Gasteiger partial charge in [-0.2, -0.15) is 13.2 Å². The normalized spacial score (nSPS) is 11.5. The van der Waals surface area contributed by atoms with Crippen LogP contribution in [0.3, 0.4) is 0 Å². The van der Waals surface area contributed by atoms with Crippen molar-refractivity contribution in [3.63, 3.8) is 0 Å². The van der Waals surface area contributed by atoms with Crippen molar-refractivity contribution < 1.29 is 13.2 Å². The molecule has 0 aliphatic heterocycles. The second-order valence-electron chi connectivity index (χ2n) is 6.68. The lowest BCUT2D eigenvalue weighted by molar-refractivity contribution is -0.137. The van der Waals surface area contributed by atoms with Gasteiger partial charge in [0.15, 0.2) is 0 Å². The lowest BCUT2D eigenvalue weighted by Crippen LogP contribution is -2.08. The molecule has 0 saturated carbocycles. The van der Waals surface area contributed by atoms with Gasteiger partial charge in [-0.05, 0) is 57.4 Å². The van der Waals surface area contributed by atoms with Crippen molar-refractivity contribution in [1.29, 1.82) is 0 Å². The van der Waals surface area contributed by atoms with Crippen LogP contribution in [0.25, 0.3) is 28.2 Å². The third-order valence-electron chi connectivity index (χ3n) is 4.78. The van der Waals surface area contributed by atoms with Crippen LogP contribution in [0.1, 0.15) is 5.56 Å². The largest absolute Gasteiger partial charge is 0.417 e. The molecule has 0 saturated heterocycles. The fourth-order valence-electron chi connectivity index (χ4n) is 3.33. The number of hydrogen-bond donors (Lipinski definition) is 1. The van der Waals surface area contributed by atoms with Crippen molar-refractivity contribution in [2.45, 2.75) is 6.18 Å². The summed E-state index contributed by atoms with van der Waals surface area (Å²) in [6.07, 6.45) is -2.80. The lowest BCUT2D eigenvalue weighted by atomic mass is 10.0. The van der Waals surface area contributed by atoms with E-state index in [1.165, 1.54) is 12.1 Å². The van der Waals surface area contributed by atoms with E-state index in [1.54, 1.807) is 16.8 Å². The van der Waals surface area contributed by atoms with E-state index in [2.05, 4.69) is 26.2 Å². The summed E-state index contributed by atoms with van der Waals surface area (Å²) in [5, 5.41) is 3.11. The van der Waals surface area contributed by atoms with E-state index in [-0.39, 0.29) is 11.4 Å². The van der Waals surface area contributed by atoms with Crippen molar-refractivity contribution >= 4 is 21.6 Å². The molecule has 1 heterocycles. The Morgan fingerprint density at radius 2 is 1.63 bits per heavy atom. The molecule has 0 aliphatic carbocycles. The average molecular weight is 472 g/mol. The summed E-state index contributed by atoms with van der Waals surface area (Å²) in [5.74, 6) is 0.222. The number of anilines is 1. The molecule has 30 heavy (non-hydrogen) atoms. The van der Waals surface area contributed by atoms with Gasteiger partial charge in [-0.15, -0.1) is 0 Å². The van der Waals surface area contributed by atoms with Gasteiger partial charge in [0, 0.05) is 30.2 Å². The van der Waals surface area contributed by atoms with Crippen LogP contribution in [0.4, 0.5) is 18.9 Å². The van der Waals surface area contributed by atoms with Crippen LogP contribution in [0.15, 0.2) is 83.6 Å². The van der Waals surface area contributed by atoms with E-state index in [0.717, 1.165) is 22.9 Å². The van der Waals surface area contributed by atoms with Crippen molar-refractivity contribution in [1.82, 2.24) is 9.55 Å². The zero-order valence-corrected chi connectivity index (χ0v) is 17.5. The Hall–Kier alpha value is -3.06. The van der Waals surface area contributed by atoms with Gasteiger partial charge in [0.1, 0.15) is 10.4 Å².